The van der Waals surface area contributed by atoms with Crippen molar-refractivity contribution < 1.29 is 70.5 Å². The highest BCUT2D eigenvalue weighted by molar-refractivity contribution is 7.92. The van der Waals surface area contributed by atoms with E-state index in [-0.39, 0.29) is 49.0 Å². The molecule has 0 aromatic heterocycles. The van der Waals surface area contributed by atoms with Gasteiger partial charge in [-0.25, -0.2) is 42.1 Å². The van der Waals surface area contributed by atoms with Crippen LogP contribution in [0.25, 0.3) is 100 Å². The second-order valence-corrected chi connectivity index (χ2v) is 44.6. The largest absolute Gasteiger partial charge is 0.497 e. The summed E-state index contributed by atoms with van der Waals surface area (Å²) in [5.41, 5.74) is 21.3. The molecule has 0 unspecified atom stereocenters. The topological polar surface area (TPSA) is 226 Å². The summed E-state index contributed by atoms with van der Waals surface area (Å²) in [5.74, 6) is 6.04. The van der Waals surface area contributed by atoms with E-state index in [4.69, 9.17) is 28.4 Å². The Balaban J connectivity index is 0.000000148. The van der Waals surface area contributed by atoms with Crippen molar-refractivity contribution >= 4 is 49.2 Å². The molecule has 20 rings (SSSR count). The van der Waals surface area contributed by atoms with Crippen LogP contribution in [0.1, 0.15) is 16.7 Å². The molecule has 0 saturated carbocycles. The summed E-state index contributed by atoms with van der Waals surface area (Å²) in [4.78, 5) is 2.09. The van der Waals surface area contributed by atoms with Gasteiger partial charge in [-0.15, -0.1) is 0 Å². The first kappa shape index (κ1) is 100. The van der Waals surface area contributed by atoms with Gasteiger partial charge in [0.1, 0.15) is 51.7 Å². The minimum Gasteiger partial charge on any atom is -0.497 e. The Morgan fingerprint density at radius 1 is 0.116 bits per heavy atom. The van der Waals surface area contributed by atoms with E-state index in [1.54, 1.807) is 252 Å². The van der Waals surface area contributed by atoms with Crippen LogP contribution in [-0.4, -0.2) is 63.4 Å². The van der Waals surface area contributed by atoms with Crippen LogP contribution in [0.15, 0.2) is 534 Å². The standard InChI is InChI=1S/C50H38O6S2.C44H34O6S2.C32H26O4S/c1-35-3-27-47(28-4-35)57(51,52)48-29-17-42(18-30-48)38-9-11-39(12-10-38)43-19-31-49(32-20-43)58(53,54)50-33-25-46(26-34-50)56-45-23-15-41(16-24-45)37-7-5-36(6-8-37)40-13-21-44(55-2)22-14-40;1-31-3-23-41(24-4-31)51(45,46)42-25-13-36(14-26-42)37-15-27-43(28-16-37)52(47,48)44-29-21-40(22-30-44)50-39-19-11-35(12-20-39)33-7-5-32(6-8-33)34-9-17-38(49-2)18-10-34;1-23-3-19-31(20-4-23)37(33,34)32-21-17-30(18-22-32)36-29-15-11-27(12-16-29)25-7-5-24(6-8-25)26-9-13-28(35-2)14-10-26/h3-34H,1-2H3;3-30H,1-2H3;3-22H,1-2H3. The van der Waals surface area contributed by atoms with Crippen molar-refractivity contribution in [3.8, 4) is 152 Å². The van der Waals surface area contributed by atoms with E-state index in [2.05, 4.69) is 72.8 Å². The van der Waals surface area contributed by atoms with E-state index in [0.717, 1.165) is 134 Å². The van der Waals surface area contributed by atoms with Gasteiger partial charge in [-0.05, 0) is 351 Å². The molecule has 0 radical (unpaired) electrons. The van der Waals surface area contributed by atoms with Gasteiger partial charge in [-0.2, -0.15) is 0 Å². The highest BCUT2D eigenvalue weighted by Crippen LogP contribution is 2.40. The third kappa shape index (κ3) is 23.6. The third-order valence-electron chi connectivity index (χ3n) is 25.1. The van der Waals surface area contributed by atoms with E-state index in [1.807, 2.05) is 191 Å². The van der Waals surface area contributed by atoms with Gasteiger partial charge in [0.2, 0.25) is 49.2 Å². The Bertz CT molecular complexity index is 8610. The van der Waals surface area contributed by atoms with E-state index in [1.165, 1.54) is 12.1 Å². The number of aryl methyl sites for hydroxylation is 3. The Hall–Kier alpha value is -17.1. The molecule has 0 spiro atoms. The highest BCUT2D eigenvalue weighted by atomic mass is 32.2. The third-order valence-corrected chi connectivity index (χ3v) is 34.1. The van der Waals surface area contributed by atoms with Gasteiger partial charge < -0.3 is 28.4 Å². The van der Waals surface area contributed by atoms with E-state index < -0.39 is 49.2 Å². The monoisotopic (exact) mass is 2030 g/mol. The maximum absolute atomic E-state index is 13.5. The van der Waals surface area contributed by atoms with Crippen LogP contribution >= 0.6 is 0 Å². The smallest absolute Gasteiger partial charge is 0.206 e. The van der Waals surface area contributed by atoms with Crippen molar-refractivity contribution in [2.24, 2.45) is 0 Å². The van der Waals surface area contributed by atoms with E-state index in [9.17, 15) is 42.1 Å². The van der Waals surface area contributed by atoms with Crippen LogP contribution in [0, 0.1) is 20.8 Å². The normalized spacial score (nSPS) is 11.5. The Morgan fingerprint density at radius 2 is 0.197 bits per heavy atom. The lowest BCUT2D eigenvalue weighted by molar-refractivity contribution is 0.415. The van der Waals surface area contributed by atoms with Crippen LogP contribution in [-0.2, 0) is 49.2 Å². The first-order chi connectivity index (χ1) is 71.1. The molecule has 16 nitrogen and oxygen atoms in total. The molecule has 0 amide bonds. The van der Waals surface area contributed by atoms with Crippen LogP contribution < -0.4 is 28.4 Å². The maximum Gasteiger partial charge on any atom is 0.206 e. The van der Waals surface area contributed by atoms with Crippen molar-refractivity contribution in [2.75, 3.05) is 21.3 Å². The van der Waals surface area contributed by atoms with Gasteiger partial charge in [0.25, 0.3) is 0 Å². The fourth-order valence-electron chi connectivity index (χ4n) is 16.5. The lowest BCUT2D eigenvalue weighted by atomic mass is 10.0. The van der Waals surface area contributed by atoms with Crippen molar-refractivity contribution in [2.45, 2.75) is 69.7 Å². The number of hydrogen-bond donors (Lipinski definition) is 0. The molecule has 20 aromatic carbocycles. The molecule has 0 heterocycles. The first-order valence-electron chi connectivity index (χ1n) is 46.9. The molecule has 0 atom stereocenters. The van der Waals surface area contributed by atoms with Gasteiger partial charge in [0.05, 0.1) is 70.3 Å². The summed E-state index contributed by atoms with van der Waals surface area (Å²) >= 11 is 0. The van der Waals surface area contributed by atoms with Gasteiger partial charge in [-0.3, -0.25) is 0 Å². The van der Waals surface area contributed by atoms with Crippen molar-refractivity contribution in [3.63, 3.8) is 0 Å². The van der Waals surface area contributed by atoms with E-state index >= 15 is 0 Å². The van der Waals surface area contributed by atoms with Gasteiger partial charge in [-0.1, -0.05) is 271 Å². The number of methoxy groups -OCH3 is 3. The molecule has 21 heteroatoms. The predicted molar refractivity (Wildman–Crippen MR) is 581 cm³/mol. The van der Waals surface area contributed by atoms with Gasteiger partial charge >= 0.3 is 0 Å². The minimum atomic E-state index is -3.79. The SMILES string of the molecule is COc1ccc(-c2ccc(-c3ccc(Oc4ccc(S(=O)(=O)c5ccc(-c6ccc(-c7ccc(S(=O)(=O)c8ccc(C)cc8)cc7)cc6)cc5)cc4)cc3)cc2)cc1.COc1ccc(-c2ccc(-c3ccc(Oc4ccc(S(=O)(=O)c5ccc(-c6ccc(S(=O)(=O)c7ccc(C)cc7)cc6)cc5)cc4)cc3)cc2)cc1.COc1ccc(-c2ccc(-c3ccc(Oc4ccc(S(=O)(=O)c5ccc(C)cc5)cc4)cc3)cc2)cc1. The summed E-state index contributed by atoms with van der Waals surface area (Å²) in [6.45, 7) is 5.75. The predicted octanol–water partition coefficient (Wildman–Crippen LogP) is 30.6. The lowest BCUT2D eigenvalue weighted by Gasteiger charge is -2.10. The zero-order valence-electron chi connectivity index (χ0n) is 80.8. The highest BCUT2D eigenvalue weighted by Gasteiger charge is 2.25. The molecular formula is C126H98O16S5. The second kappa shape index (κ2) is 44.0. The van der Waals surface area contributed by atoms with Crippen molar-refractivity contribution in [1.82, 2.24) is 0 Å². The fraction of sp³-hybridized carbons (Fsp3) is 0.0476. The summed E-state index contributed by atoms with van der Waals surface area (Å²) in [5, 5.41) is 0. The van der Waals surface area contributed by atoms with Gasteiger partial charge in [0.15, 0.2) is 0 Å². The van der Waals surface area contributed by atoms with Crippen LogP contribution in [0.2, 0.25) is 0 Å². The Kier molecular flexibility index (Phi) is 30.0. The van der Waals surface area contributed by atoms with Crippen LogP contribution in [0.5, 0.6) is 51.7 Å². The summed E-state index contributed by atoms with van der Waals surface area (Å²) in [7, 11) is -13.4. The molecule has 0 aliphatic carbocycles. The Labute approximate surface area is 858 Å². The Morgan fingerprint density at radius 3 is 0.313 bits per heavy atom. The number of hydrogen-bond acceptors (Lipinski definition) is 16. The molecule has 20 aromatic rings. The summed E-state index contributed by atoms with van der Waals surface area (Å²) in [6.07, 6.45) is 0. The fourth-order valence-corrected chi connectivity index (χ4v) is 22.8. The number of benzene rings is 20. The number of ether oxygens (including phenoxy) is 6. The molecule has 0 aliphatic rings. The molecule has 0 fully saturated rings. The maximum atomic E-state index is 13.5. The van der Waals surface area contributed by atoms with E-state index in [0.29, 0.717) is 34.5 Å². The molecule has 0 bridgehead atoms. The average Bonchev–Trinajstić information content (AvgIpc) is 0.792. The molecular weight excluding hydrogens is 1930 g/mol. The van der Waals surface area contributed by atoms with Crippen LogP contribution in [0.4, 0.5) is 0 Å². The molecule has 728 valence electrons. The van der Waals surface area contributed by atoms with Gasteiger partial charge in [0, 0.05) is 0 Å². The van der Waals surface area contributed by atoms with Crippen molar-refractivity contribution in [1.29, 1.82) is 0 Å². The second-order valence-electron chi connectivity index (χ2n) is 34.8. The molecule has 0 N–H and O–H groups in total. The quantitative estimate of drug-likeness (QED) is 0.0444. The molecule has 147 heavy (non-hydrogen) atoms. The van der Waals surface area contributed by atoms with Crippen LogP contribution in [0.3, 0.4) is 0 Å². The summed E-state index contributed by atoms with van der Waals surface area (Å²) in [6, 6.07) is 147. The zero-order valence-corrected chi connectivity index (χ0v) is 84.8. The molecule has 0 aliphatic heterocycles. The summed E-state index contributed by atoms with van der Waals surface area (Å²) < 4.78 is 166. The zero-order chi connectivity index (χ0) is 102. The number of rotatable bonds is 28. The van der Waals surface area contributed by atoms with Crippen molar-refractivity contribution in [3.05, 3.63) is 502 Å². The molecule has 0 saturated heterocycles. The minimum absolute atomic E-state index is 0.145. The first-order valence-corrected chi connectivity index (χ1v) is 54.4. The average molecular weight is 2030 g/mol. The lowest BCUT2D eigenvalue weighted by Crippen LogP contribution is -2.02. The number of sulfone groups is 5.